The first kappa shape index (κ1) is 27.8. The van der Waals surface area contributed by atoms with Crippen LogP contribution in [0.4, 0.5) is 0 Å². The molecule has 13 heteroatoms. The van der Waals surface area contributed by atoms with Crippen molar-refractivity contribution in [3.05, 3.63) is 0 Å². The number of piperazine rings is 1. The number of hydrogen-bond acceptors (Lipinski definition) is 9. The van der Waals surface area contributed by atoms with Gasteiger partial charge in [-0.15, -0.1) is 0 Å². The molecule has 0 spiro atoms. The molecule has 0 aromatic rings. The number of aliphatic hydroxyl groups excluding tert-OH is 2. The summed E-state index contributed by atoms with van der Waals surface area (Å²) in [6.45, 7) is 3.06. The number of amides is 4. The van der Waals surface area contributed by atoms with Crippen LogP contribution in [0, 0.1) is 5.92 Å². The van der Waals surface area contributed by atoms with Crippen LogP contribution in [0.1, 0.15) is 38.5 Å². The quantitative estimate of drug-likeness (QED) is 0.277. The van der Waals surface area contributed by atoms with Crippen LogP contribution >= 0.6 is 0 Å². The molecular formula is C27H42N6O7. The number of likely N-dealkylation sites (tertiary alicyclic amines) is 2. The van der Waals surface area contributed by atoms with Crippen LogP contribution in [-0.4, -0.2) is 155 Å². The Morgan fingerprint density at radius 1 is 0.925 bits per heavy atom. The third-order valence-corrected chi connectivity index (χ3v) is 9.68. The number of carbonyl (C=O) groups excluding carboxylic acids is 4. The molecule has 0 radical (unpaired) electrons. The summed E-state index contributed by atoms with van der Waals surface area (Å²) < 4.78 is 5.82. The summed E-state index contributed by atoms with van der Waals surface area (Å²) in [4.78, 5) is 61.5. The molecule has 7 atom stereocenters. The molecule has 0 aromatic heterocycles. The first-order valence-corrected chi connectivity index (χ1v) is 14.8. The minimum Gasteiger partial charge on any atom is -0.388 e. The molecule has 4 amide bonds. The van der Waals surface area contributed by atoms with Crippen molar-refractivity contribution < 1.29 is 34.1 Å². The van der Waals surface area contributed by atoms with Crippen molar-refractivity contribution >= 4 is 23.6 Å². The molecule has 5 aliphatic heterocycles. The van der Waals surface area contributed by atoms with E-state index in [0.717, 1.165) is 38.8 Å². The molecule has 13 nitrogen and oxygen atoms in total. The van der Waals surface area contributed by atoms with Gasteiger partial charge in [0.25, 0.3) is 0 Å². The fourth-order valence-electron chi connectivity index (χ4n) is 7.14. The Morgan fingerprint density at radius 2 is 1.65 bits per heavy atom. The normalized spacial score (nSPS) is 38.9. The average Bonchev–Trinajstić information content (AvgIpc) is 3.67. The van der Waals surface area contributed by atoms with E-state index in [0.29, 0.717) is 19.5 Å². The summed E-state index contributed by atoms with van der Waals surface area (Å²) in [5.41, 5.74) is 0. The lowest BCUT2D eigenvalue weighted by molar-refractivity contribution is -0.151. The highest BCUT2D eigenvalue weighted by molar-refractivity contribution is 5.91. The van der Waals surface area contributed by atoms with E-state index in [4.69, 9.17) is 4.74 Å². The maximum absolute atomic E-state index is 14.1. The fourth-order valence-corrected chi connectivity index (χ4v) is 7.14. The van der Waals surface area contributed by atoms with Gasteiger partial charge in [0.05, 0.1) is 25.1 Å². The first-order valence-electron chi connectivity index (χ1n) is 14.8. The SMILES string of the molecule is CN1CCC(N2C[C@@H]3C[C@H]2C(=O)N2CCN(C(=O)C4CC4)[C@@H](C2)C(=O)NC[C@H]2O[C@@H](CC(=O)N3)[C@H](O)[C@@H]2O)CC1. The van der Waals surface area contributed by atoms with E-state index in [1.807, 2.05) is 0 Å². The van der Waals surface area contributed by atoms with Crippen LogP contribution in [-0.2, 0) is 23.9 Å². The third kappa shape index (κ3) is 5.46. The van der Waals surface area contributed by atoms with Gasteiger partial charge in [-0.25, -0.2) is 0 Å². The number of nitrogens with one attached hydrogen (secondary N) is 2. The number of ether oxygens (including phenoxy) is 1. The molecule has 0 aromatic carbocycles. The number of hydrogen-bond donors (Lipinski definition) is 4. The van der Waals surface area contributed by atoms with Crippen molar-refractivity contribution in [2.24, 2.45) is 5.92 Å². The van der Waals surface area contributed by atoms with Gasteiger partial charge in [0, 0.05) is 44.2 Å². The molecule has 5 heterocycles. The molecule has 40 heavy (non-hydrogen) atoms. The highest BCUT2D eigenvalue weighted by Crippen LogP contribution is 2.33. The van der Waals surface area contributed by atoms with E-state index in [9.17, 15) is 29.4 Å². The average molecular weight is 563 g/mol. The number of carbonyl (C=O) groups is 4. The summed E-state index contributed by atoms with van der Waals surface area (Å²) in [5.74, 6) is -0.895. The van der Waals surface area contributed by atoms with Crippen LogP contribution in [0.5, 0.6) is 0 Å². The molecule has 4 N–H and O–H groups in total. The van der Waals surface area contributed by atoms with E-state index >= 15 is 0 Å². The van der Waals surface area contributed by atoms with Crippen molar-refractivity contribution in [3.63, 3.8) is 0 Å². The lowest BCUT2D eigenvalue weighted by atomic mass is 10.0. The van der Waals surface area contributed by atoms with E-state index in [1.54, 1.807) is 9.80 Å². The zero-order valence-corrected chi connectivity index (χ0v) is 23.1. The first-order chi connectivity index (χ1) is 19.2. The Morgan fingerprint density at radius 3 is 2.38 bits per heavy atom. The molecule has 5 saturated heterocycles. The van der Waals surface area contributed by atoms with Gasteiger partial charge in [0.1, 0.15) is 24.4 Å². The monoisotopic (exact) mass is 562 g/mol. The molecule has 222 valence electrons. The van der Waals surface area contributed by atoms with Crippen LogP contribution in [0.3, 0.4) is 0 Å². The second-order valence-corrected chi connectivity index (χ2v) is 12.5. The van der Waals surface area contributed by atoms with Crippen LogP contribution < -0.4 is 10.6 Å². The summed E-state index contributed by atoms with van der Waals surface area (Å²) in [5, 5.41) is 27.0. The predicted octanol–water partition coefficient (Wildman–Crippen LogP) is -2.90. The minimum atomic E-state index is -1.27. The summed E-state index contributed by atoms with van der Waals surface area (Å²) in [7, 11) is 2.09. The Hall–Kier alpha value is -2.32. The lowest BCUT2D eigenvalue weighted by Gasteiger charge is -2.43. The second-order valence-electron chi connectivity index (χ2n) is 12.5. The summed E-state index contributed by atoms with van der Waals surface area (Å²) in [6.07, 6.45) is -0.537. The van der Waals surface area contributed by atoms with E-state index < -0.39 is 42.4 Å². The second kappa shape index (κ2) is 11.2. The zero-order valence-electron chi connectivity index (χ0n) is 23.1. The molecule has 6 rings (SSSR count). The Kier molecular flexibility index (Phi) is 7.77. The van der Waals surface area contributed by atoms with E-state index in [-0.39, 0.29) is 61.8 Å². The topological polar surface area (TPSA) is 155 Å². The van der Waals surface area contributed by atoms with Crippen molar-refractivity contribution in [1.82, 2.24) is 30.2 Å². The molecule has 6 aliphatic rings. The summed E-state index contributed by atoms with van der Waals surface area (Å²) in [6, 6.07) is -1.31. The van der Waals surface area contributed by atoms with Crippen molar-refractivity contribution in [3.8, 4) is 0 Å². The van der Waals surface area contributed by atoms with E-state index in [2.05, 4.69) is 27.5 Å². The van der Waals surface area contributed by atoms with Crippen LogP contribution in [0.25, 0.3) is 0 Å². The van der Waals surface area contributed by atoms with Gasteiger partial charge < -0.3 is 40.3 Å². The third-order valence-electron chi connectivity index (χ3n) is 9.68. The predicted molar refractivity (Wildman–Crippen MR) is 141 cm³/mol. The molecule has 1 aliphatic carbocycles. The fraction of sp³-hybridized carbons (Fsp3) is 0.852. The molecular weight excluding hydrogens is 520 g/mol. The number of piperidine rings is 1. The van der Waals surface area contributed by atoms with Gasteiger partial charge in [-0.2, -0.15) is 0 Å². The molecule has 6 bridgehead atoms. The van der Waals surface area contributed by atoms with Crippen molar-refractivity contribution in [2.75, 3.05) is 52.9 Å². The van der Waals surface area contributed by atoms with E-state index in [1.165, 1.54) is 0 Å². The van der Waals surface area contributed by atoms with Crippen LogP contribution in [0.15, 0.2) is 0 Å². The molecule has 0 unspecified atom stereocenters. The van der Waals surface area contributed by atoms with Gasteiger partial charge in [0.2, 0.25) is 23.6 Å². The zero-order chi connectivity index (χ0) is 28.1. The van der Waals surface area contributed by atoms with Crippen molar-refractivity contribution in [1.29, 1.82) is 0 Å². The van der Waals surface area contributed by atoms with Gasteiger partial charge in [-0.3, -0.25) is 24.1 Å². The maximum Gasteiger partial charge on any atom is 0.244 e. The minimum absolute atomic E-state index is 0.0501. The van der Waals surface area contributed by atoms with Gasteiger partial charge in [0.15, 0.2) is 0 Å². The molecule has 6 fully saturated rings. The van der Waals surface area contributed by atoms with Gasteiger partial charge in [-0.1, -0.05) is 0 Å². The smallest absolute Gasteiger partial charge is 0.244 e. The van der Waals surface area contributed by atoms with Gasteiger partial charge >= 0.3 is 0 Å². The maximum atomic E-state index is 14.1. The Labute approximate surface area is 234 Å². The lowest BCUT2D eigenvalue weighted by Crippen LogP contribution is -2.64. The number of rotatable bonds is 2. The Balaban J connectivity index is 1.27. The van der Waals surface area contributed by atoms with Crippen LogP contribution in [0.2, 0.25) is 0 Å². The Bertz CT molecular complexity index is 1020. The standard InChI is InChI=1S/C27H42N6O7/c1-30-6-4-17(5-7-30)33-13-16-10-18(33)27(39)31-8-9-32(26(38)15-2-3-15)19(14-31)25(37)28-12-21-24(36)23(35)20(40-21)11-22(34)29-16/h15-21,23-24,35-36H,2-14H2,1H3,(H,28,37)(H,29,34)/t16-,18-,19-,20-,21+,23-,24+/m0/s1. The van der Waals surface area contributed by atoms with Gasteiger partial charge in [-0.05, 0) is 52.2 Å². The molecule has 1 saturated carbocycles. The number of fused-ring (bicyclic) bond motifs is 6. The number of nitrogens with zero attached hydrogens (tertiary/aromatic N) is 4. The highest BCUT2D eigenvalue weighted by atomic mass is 16.5. The highest BCUT2D eigenvalue weighted by Gasteiger charge is 2.48. The largest absolute Gasteiger partial charge is 0.388 e. The summed E-state index contributed by atoms with van der Waals surface area (Å²) >= 11 is 0. The van der Waals surface area contributed by atoms with Crippen molar-refractivity contribution in [2.45, 2.75) is 87.1 Å². The number of aliphatic hydroxyl groups is 2.